The molecule has 2 N–H and O–H groups in total. The molecule has 0 bridgehead atoms. The SMILES string of the molecule is CCOC(=O)c1ccc(N)c(N(C)Cc2ccoc2)c1. The van der Waals surface area contributed by atoms with Gasteiger partial charge in [0.05, 0.1) is 36.1 Å². The van der Waals surface area contributed by atoms with E-state index in [2.05, 4.69) is 0 Å². The van der Waals surface area contributed by atoms with Crippen LogP contribution in [-0.4, -0.2) is 19.6 Å². The third-order valence-corrected chi connectivity index (χ3v) is 2.95. The Morgan fingerprint density at radius 2 is 2.20 bits per heavy atom. The number of benzene rings is 1. The number of anilines is 2. The lowest BCUT2D eigenvalue weighted by Crippen LogP contribution is -2.18. The smallest absolute Gasteiger partial charge is 0.338 e. The molecule has 2 aromatic rings. The van der Waals surface area contributed by atoms with Gasteiger partial charge < -0.3 is 19.8 Å². The van der Waals surface area contributed by atoms with Gasteiger partial charge in [0.15, 0.2) is 0 Å². The lowest BCUT2D eigenvalue weighted by Gasteiger charge is -2.21. The molecule has 0 amide bonds. The van der Waals surface area contributed by atoms with Crippen LogP contribution in [0.3, 0.4) is 0 Å². The number of hydrogen-bond donors (Lipinski definition) is 1. The first kappa shape index (κ1) is 14.0. The maximum absolute atomic E-state index is 11.8. The first-order valence-corrected chi connectivity index (χ1v) is 6.40. The van der Waals surface area contributed by atoms with Crippen molar-refractivity contribution in [3.8, 4) is 0 Å². The van der Waals surface area contributed by atoms with Crippen LogP contribution in [-0.2, 0) is 11.3 Å². The fourth-order valence-corrected chi connectivity index (χ4v) is 1.96. The molecule has 5 heteroatoms. The van der Waals surface area contributed by atoms with E-state index in [0.717, 1.165) is 11.3 Å². The predicted octanol–water partition coefficient (Wildman–Crippen LogP) is 2.67. The van der Waals surface area contributed by atoms with Gasteiger partial charge in [-0.3, -0.25) is 0 Å². The molecule has 0 aliphatic carbocycles. The molecule has 1 aromatic heterocycles. The molecule has 1 aromatic carbocycles. The molecule has 0 saturated heterocycles. The number of carbonyl (C=O) groups excluding carboxylic acids is 1. The highest BCUT2D eigenvalue weighted by atomic mass is 16.5. The Balaban J connectivity index is 2.21. The summed E-state index contributed by atoms with van der Waals surface area (Å²) in [5.41, 5.74) is 8.91. The van der Waals surface area contributed by atoms with Crippen molar-refractivity contribution < 1.29 is 13.9 Å². The van der Waals surface area contributed by atoms with Crippen molar-refractivity contribution in [1.82, 2.24) is 0 Å². The number of hydrogen-bond acceptors (Lipinski definition) is 5. The van der Waals surface area contributed by atoms with Crippen LogP contribution in [0.2, 0.25) is 0 Å². The lowest BCUT2D eigenvalue weighted by molar-refractivity contribution is 0.0526. The number of carbonyl (C=O) groups is 1. The molecular formula is C15H18N2O3. The van der Waals surface area contributed by atoms with Gasteiger partial charge in [-0.15, -0.1) is 0 Å². The van der Waals surface area contributed by atoms with Crippen molar-refractivity contribution in [2.24, 2.45) is 0 Å². The first-order chi connectivity index (χ1) is 9.61. The number of nitrogens with two attached hydrogens (primary N) is 1. The summed E-state index contributed by atoms with van der Waals surface area (Å²) < 4.78 is 10.0. The van der Waals surface area contributed by atoms with Crippen molar-refractivity contribution in [2.45, 2.75) is 13.5 Å². The highest BCUT2D eigenvalue weighted by Gasteiger charge is 2.12. The summed E-state index contributed by atoms with van der Waals surface area (Å²) in [5, 5.41) is 0. The summed E-state index contributed by atoms with van der Waals surface area (Å²) >= 11 is 0. The van der Waals surface area contributed by atoms with Gasteiger partial charge in [-0.25, -0.2) is 4.79 Å². The summed E-state index contributed by atoms with van der Waals surface area (Å²) in [4.78, 5) is 13.7. The number of esters is 1. The van der Waals surface area contributed by atoms with E-state index in [4.69, 9.17) is 14.9 Å². The fraction of sp³-hybridized carbons (Fsp3) is 0.267. The summed E-state index contributed by atoms with van der Waals surface area (Å²) in [6.07, 6.45) is 3.31. The summed E-state index contributed by atoms with van der Waals surface area (Å²) in [5.74, 6) is -0.342. The van der Waals surface area contributed by atoms with Crippen LogP contribution in [0.15, 0.2) is 41.2 Å². The maximum atomic E-state index is 11.8. The number of rotatable bonds is 5. The minimum absolute atomic E-state index is 0.342. The standard InChI is InChI=1S/C15H18N2O3/c1-3-20-15(18)12-4-5-13(16)14(8-12)17(2)9-11-6-7-19-10-11/h4-8,10H,3,9,16H2,1-2H3. The Kier molecular flexibility index (Phi) is 4.30. The fourth-order valence-electron chi connectivity index (χ4n) is 1.96. The molecule has 0 atom stereocenters. The Labute approximate surface area is 117 Å². The monoisotopic (exact) mass is 274 g/mol. The molecule has 106 valence electrons. The van der Waals surface area contributed by atoms with Gasteiger partial charge in [0, 0.05) is 19.2 Å². The van der Waals surface area contributed by atoms with E-state index in [1.165, 1.54) is 0 Å². The van der Waals surface area contributed by atoms with Crippen molar-refractivity contribution in [3.63, 3.8) is 0 Å². The molecule has 0 unspecified atom stereocenters. The average Bonchev–Trinajstić information content (AvgIpc) is 2.92. The summed E-state index contributed by atoms with van der Waals surface area (Å²) in [7, 11) is 1.91. The molecule has 5 nitrogen and oxygen atoms in total. The van der Waals surface area contributed by atoms with Crippen molar-refractivity contribution in [3.05, 3.63) is 47.9 Å². The Morgan fingerprint density at radius 1 is 1.40 bits per heavy atom. The first-order valence-electron chi connectivity index (χ1n) is 6.40. The molecule has 0 saturated carbocycles. The van der Waals surface area contributed by atoms with E-state index in [-0.39, 0.29) is 5.97 Å². The molecule has 0 spiro atoms. The van der Waals surface area contributed by atoms with Crippen LogP contribution in [0.1, 0.15) is 22.8 Å². The lowest BCUT2D eigenvalue weighted by atomic mass is 10.1. The van der Waals surface area contributed by atoms with Crippen molar-refractivity contribution >= 4 is 17.3 Å². The Bertz CT molecular complexity index is 579. The molecule has 0 fully saturated rings. The van der Waals surface area contributed by atoms with Gasteiger partial charge in [-0.2, -0.15) is 0 Å². The second kappa shape index (κ2) is 6.14. The minimum atomic E-state index is -0.342. The normalized spacial score (nSPS) is 10.3. The summed E-state index contributed by atoms with van der Waals surface area (Å²) in [6, 6.07) is 7.02. The zero-order valence-corrected chi connectivity index (χ0v) is 11.6. The van der Waals surface area contributed by atoms with E-state index < -0.39 is 0 Å². The third kappa shape index (κ3) is 3.12. The molecule has 0 aliphatic heterocycles. The van der Waals surface area contributed by atoms with Gasteiger partial charge >= 0.3 is 5.97 Å². The second-order valence-electron chi connectivity index (χ2n) is 4.48. The third-order valence-electron chi connectivity index (χ3n) is 2.95. The maximum Gasteiger partial charge on any atom is 0.338 e. The molecule has 0 radical (unpaired) electrons. The van der Waals surface area contributed by atoms with E-state index in [1.54, 1.807) is 37.6 Å². The molecule has 20 heavy (non-hydrogen) atoms. The Hall–Kier alpha value is -2.43. The largest absolute Gasteiger partial charge is 0.472 e. The van der Waals surface area contributed by atoms with Crippen molar-refractivity contribution in [1.29, 1.82) is 0 Å². The van der Waals surface area contributed by atoms with E-state index in [9.17, 15) is 4.79 Å². The number of ether oxygens (including phenoxy) is 1. The van der Waals surface area contributed by atoms with Crippen LogP contribution in [0.25, 0.3) is 0 Å². The van der Waals surface area contributed by atoms with Crippen LogP contribution in [0.5, 0.6) is 0 Å². The molecule has 1 heterocycles. The number of nitrogens with zero attached hydrogens (tertiary/aromatic N) is 1. The second-order valence-corrected chi connectivity index (χ2v) is 4.48. The molecule has 2 rings (SSSR count). The van der Waals surface area contributed by atoms with Crippen LogP contribution in [0, 0.1) is 0 Å². The number of furan rings is 1. The van der Waals surface area contributed by atoms with Gasteiger partial charge in [0.2, 0.25) is 0 Å². The average molecular weight is 274 g/mol. The van der Waals surface area contributed by atoms with E-state index >= 15 is 0 Å². The predicted molar refractivity (Wildman–Crippen MR) is 77.6 cm³/mol. The van der Waals surface area contributed by atoms with Gasteiger partial charge in [-0.05, 0) is 31.2 Å². The van der Waals surface area contributed by atoms with Crippen LogP contribution >= 0.6 is 0 Å². The van der Waals surface area contributed by atoms with Crippen LogP contribution in [0.4, 0.5) is 11.4 Å². The van der Waals surface area contributed by atoms with Gasteiger partial charge in [0.1, 0.15) is 0 Å². The van der Waals surface area contributed by atoms with E-state index in [1.807, 2.05) is 18.0 Å². The minimum Gasteiger partial charge on any atom is -0.472 e. The highest BCUT2D eigenvalue weighted by Crippen LogP contribution is 2.25. The zero-order valence-electron chi connectivity index (χ0n) is 11.6. The van der Waals surface area contributed by atoms with Gasteiger partial charge in [0.25, 0.3) is 0 Å². The zero-order chi connectivity index (χ0) is 14.5. The van der Waals surface area contributed by atoms with Crippen LogP contribution < -0.4 is 10.6 Å². The Morgan fingerprint density at radius 3 is 2.85 bits per heavy atom. The summed E-state index contributed by atoms with van der Waals surface area (Å²) in [6.45, 7) is 2.78. The molecular weight excluding hydrogens is 256 g/mol. The molecule has 0 aliphatic rings. The number of nitrogen functional groups attached to an aromatic ring is 1. The van der Waals surface area contributed by atoms with Crippen molar-refractivity contribution in [2.75, 3.05) is 24.3 Å². The highest BCUT2D eigenvalue weighted by molar-refractivity contribution is 5.92. The quantitative estimate of drug-likeness (QED) is 0.670. The topological polar surface area (TPSA) is 68.7 Å². The van der Waals surface area contributed by atoms with Gasteiger partial charge in [-0.1, -0.05) is 0 Å². The van der Waals surface area contributed by atoms with E-state index in [0.29, 0.717) is 24.4 Å².